The zero-order chi connectivity index (χ0) is 16.1. The molecular formula is C18H16N2O2S. The van der Waals surface area contributed by atoms with Crippen molar-refractivity contribution in [2.45, 2.75) is 5.75 Å². The molecule has 4 nitrogen and oxygen atoms in total. The minimum absolute atomic E-state index is 0.0967. The molecule has 0 N–H and O–H groups in total. The number of thioether (sulfide) groups is 1. The molecule has 0 unspecified atom stereocenters. The van der Waals surface area contributed by atoms with Crippen LogP contribution in [0.1, 0.15) is 11.1 Å². The third-order valence-electron chi connectivity index (χ3n) is 3.61. The van der Waals surface area contributed by atoms with E-state index in [0.29, 0.717) is 24.5 Å². The van der Waals surface area contributed by atoms with Crippen LogP contribution in [0.3, 0.4) is 0 Å². The largest absolute Gasteiger partial charge is 0.490 e. The summed E-state index contributed by atoms with van der Waals surface area (Å²) in [5.41, 5.74) is 2.62. The first-order valence-electron chi connectivity index (χ1n) is 7.37. The lowest BCUT2D eigenvalue weighted by atomic mass is 10.2. The van der Waals surface area contributed by atoms with Crippen molar-refractivity contribution >= 4 is 23.4 Å². The maximum absolute atomic E-state index is 12.5. The van der Waals surface area contributed by atoms with Crippen LogP contribution in [0.15, 0.2) is 48.5 Å². The predicted octanol–water partition coefficient (Wildman–Crippen LogP) is 3.22. The van der Waals surface area contributed by atoms with E-state index in [9.17, 15) is 4.79 Å². The molecule has 0 bridgehead atoms. The van der Waals surface area contributed by atoms with Gasteiger partial charge in [-0.15, -0.1) is 11.8 Å². The molecule has 0 atom stereocenters. The van der Waals surface area contributed by atoms with E-state index in [1.165, 1.54) is 0 Å². The van der Waals surface area contributed by atoms with Gasteiger partial charge in [0.05, 0.1) is 29.6 Å². The van der Waals surface area contributed by atoms with Gasteiger partial charge in [0.2, 0.25) is 5.91 Å². The molecule has 2 aromatic carbocycles. The Balaban J connectivity index is 1.57. The second kappa shape index (κ2) is 7.21. The average Bonchev–Trinajstić information content (AvgIpc) is 2.61. The van der Waals surface area contributed by atoms with Gasteiger partial charge in [0, 0.05) is 5.75 Å². The van der Waals surface area contributed by atoms with E-state index in [2.05, 4.69) is 6.07 Å². The fourth-order valence-corrected chi connectivity index (χ4v) is 3.30. The van der Waals surface area contributed by atoms with Crippen molar-refractivity contribution in [2.24, 2.45) is 0 Å². The van der Waals surface area contributed by atoms with Gasteiger partial charge >= 0.3 is 0 Å². The van der Waals surface area contributed by atoms with Gasteiger partial charge in [0.25, 0.3) is 0 Å². The number of nitriles is 1. The number of carbonyl (C=O) groups excluding carboxylic acids is 1. The van der Waals surface area contributed by atoms with Crippen molar-refractivity contribution in [1.29, 1.82) is 5.26 Å². The lowest BCUT2D eigenvalue weighted by Gasteiger charge is -2.29. The molecule has 23 heavy (non-hydrogen) atoms. The van der Waals surface area contributed by atoms with E-state index in [1.807, 2.05) is 36.4 Å². The molecule has 1 aliphatic rings. The minimum Gasteiger partial charge on any atom is -0.490 e. The molecule has 0 saturated carbocycles. The summed E-state index contributed by atoms with van der Waals surface area (Å²) in [4.78, 5) is 14.3. The normalized spacial score (nSPS) is 12.9. The van der Waals surface area contributed by atoms with Gasteiger partial charge in [-0.25, -0.2) is 0 Å². The Morgan fingerprint density at radius 3 is 2.78 bits per heavy atom. The molecule has 1 aliphatic heterocycles. The van der Waals surface area contributed by atoms with Crippen molar-refractivity contribution in [1.82, 2.24) is 0 Å². The second-order valence-corrected chi connectivity index (χ2v) is 6.15. The molecule has 5 heteroatoms. The number of para-hydroxylation sites is 2. The number of nitrogens with zero attached hydrogens (tertiary/aromatic N) is 2. The van der Waals surface area contributed by atoms with E-state index < -0.39 is 0 Å². The number of hydrogen-bond acceptors (Lipinski definition) is 4. The summed E-state index contributed by atoms with van der Waals surface area (Å²) in [7, 11) is 0. The third-order valence-corrected chi connectivity index (χ3v) is 4.60. The number of benzene rings is 2. The van der Waals surface area contributed by atoms with Gasteiger partial charge in [-0.2, -0.15) is 5.26 Å². The fourth-order valence-electron chi connectivity index (χ4n) is 2.44. The minimum atomic E-state index is 0.0967. The SMILES string of the molecule is N#Cc1ccc(CSCC(=O)N2CCOc3ccccc32)cc1. The van der Waals surface area contributed by atoms with E-state index in [4.69, 9.17) is 10.00 Å². The molecule has 1 heterocycles. The molecule has 116 valence electrons. The molecular weight excluding hydrogens is 308 g/mol. The number of rotatable bonds is 4. The predicted molar refractivity (Wildman–Crippen MR) is 91.6 cm³/mol. The third kappa shape index (κ3) is 3.66. The summed E-state index contributed by atoms with van der Waals surface area (Å²) in [6.07, 6.45) is 0. The van der Waals surface area contributed by atoms with Crippen molar-refractivity contribution in [3.05, 3.63) is 59.7 Å². The fraction of sp³-hybridized carbons (Fsp3) is 0.222. The Kier molecular flexibility index (Phi) is 4.84. The smallest absolute Gasteiger partial charge is 0.237 e. The lowest BCUT2D eigenvalue weighted by molar-refractivity contribution is -0.116. The number of amides is 1. The summed E-state index contributed by atoms with van der Waals surface area (Å²) in [5.74, 6) is 2.04. The van der Waals surface area contributed by atoms with Crippen LogP contribution in [-0.2, 0) is 10.5 Å². The number of carbonyl (C=O) groups is 1. The topological polar surface area (TPSA) is 53.3 Å². The highest BCUT2D eigenvalue weighted by Crippen LogP contribution is 2.31. The van der Waals surface area contributed by atoms with Gasteiger partial charge < -0.3 is 9.64 Å². The van der Waals surface area contributed by atoms with Crippen LogP contribution in [0.2, 0.25) is 0 Å². The first-order chi connectivity index (χ1) is 11.3. The standard InChI is InChI=1S/C18H16N2O2S/c19-11-14-5-7-15(8-6-14)12-23-13-18(21)20-9-10-22-17-4-2-1-3-16(17)20/h1-8H,9-10,12-13H2. The Bertz CT molecular complexity index is 737. The Hall–Kier alpha value is -2.45. The van der Waals surface area contributed by atoms with Crippen LogP contribution in [0.25, 0.3) is 0 Å². The molecule has 1 amide bonds. The van der Waals surface area contributed by atoms with E-state index in [0.717, 1.165) is 22.8 Å². The zero-order valence-electron chi connectivity index (χ0n) is 12.6. The maximum atomic E-state index is 12.5. The number of fused-ring (bicyclic) bond motifs is 1. The van der Waals surface area contributed by atoms with Crippen LogP contribution >= 0.6 is 11.8 Å². The zero-order valence-corrected chi connectivity index (χ0v) is 13.4. The number of ether oxygens (including phenoxy) is 1. The second-order valence-electron chi connectivity index (χ2n) is 5.16. The highest BCUT2D eigenvalue weighted by Gasteiger charge is 2.22. The average molecular weight is 324 g/mol. The molecule has 0 radical (unpaired) electrons. The van der Waals surface area contributed by atoms with Gasteiger partial charge in [-0.3, -0.25) is 4.79 Å². The summed E-state index contributed by atoms with van der Waals surface area (Å²) >= 11 is 1.58. The first kappa shape index (κ1) is 15.4. The highest BCUT2D eigenvalue weighted by molar-refractivity contribution is 7.99. The molecule has 0 fully saturated rings. The summed E-state index contributed by atoms with van der Waals surface area (Å²) in [5, 5.41) is 8.79. The number of anilines is 1. The molecule has 0 aromatic heterocycles. The van der Waals surface area contributed by atoms with E-state index in [-0.39, 0.29) is 5.91 Å². The van der Waals surface area contributed by atoms with Gasteiger partial charge in [0.15, 0.2) is 0 Å². The molecule has 3 rings (SSSR count). The highest BCUT2D eigenvalue weighted by atomic mass is 32.2. The first-order valence-corrected chi connectivity index (χ1v) is 8.52. The van der Waals surface area contributed by atoms with Gasteiger partial charge in [0.1, 0.15) is 12.4 Å². The van der Waals surface area contributed by atoms with Crippen molar-refractivity contribution in [2.75, 3.05) is 23.8 Å². The van der Waals surface area contributed by atoms with Gasteiger partial charge in [-0.1, -0.05) is 24.3 Å². The molecule has 2 aromatic rings. The van der Waals surface area contributed by atoms with Crippen molar-refractivity contribution in [3.8, 4) is 11.8 Å². The van der Waals surface area contributed by atoms with Crippen LogP contribution in [0.5, 0.6) is 5.75 Å². The van der Waals surface area contributed by atoms with Crippen LogP contribution in [0, 0.1) is 11.3 Å². The van der Waals surface area contributed by atoms with Gasteiger partial charge in [-0.05, 0) is 29.8 Å². The molecule has 0 aliphatic carbocycles. The van der Waals surface area contributed by atoms with E-state index >= 15 is 0 Å². The van der Waals surface area contributed by atoms with Crippen molar-refractivity contribution in [3.63, 3.8) is 0 Å². The molecule has 0 spiro atoms. The molecule has 0 saturated heterocycles. The Morgan fingerprint density at radius 2 is 2.00 bits per heavy atom. The van der Waals surface area contributed by atoms with Crippen molar-refractivity contribution < 1.29 is 9.53 Å². The Labute approximate surface area is 139 Å². The maximum Gasteiger partial charge on any atom is 0.237 e. The quantitative estimate of drug-likeness (QED) is 0.866. The summed E-state index contributed by atoms with van der Waals surface area (Å²) in [6, 6.07) is 17.2. The van der Waals surface area contributed by atoms with Crippen LogP contribution in [0.4, 0.5) is 5.69 Å². The Morgan fingerprint density at radius 1 is 1.22 bits per heavy atom. The van der Waals surface area contributed by atoms with Crippen LogP contribution in [-0.4, -0.2) is 24.8 Å². The number of hydrogen-bond donors (Lipinski definition) is 0. The van der Waals surface area contributed by atoms with E-state index in [1.54, 1.807) is 28.8 Å². The monoisotopic (exact) mass is 324 g/mol. The summed E-state index contributed by atoms with van der Waals surface area (Å²) < 4.78 is 5.57. The van der Waals surface area contributed by atoms with Crippen LogP contribution < -0.4 is 9.64 Å². The lowest BCUT2D eigenvalue weighted by Crippen LogP contribution is -2.39. The summed E-state index contributed by atoms with van der Waals surface area (Å²) in [6.45, 7) is 1.12.